The van der Waals surface area contributed by atoms with E-state index in [1.54, 1.807) is 0 Å². The van der Waals surface area contributed by atoms with Crippen LogP contribution < -0.4 is 5.22 Å². The van der Waals surface area contributed by atoms with Crippen molar-refractivity contribution in [3.63, 3.8) is 0 Å². The monoisotopic (exact) mass is 290 g/mol. The molecule has 0 heteroatoms. The Labute approximate surface area is 133 Å². The minimum Gasteiger partial charge on any atom is -0.0801 e. The maximum absolute atomic E-state index is 2.35. The van der Waals surface area contributed by atoms with Crippen molar-refractivity contribution in [2.75, 3.05) is 0 Å². The van der Waals surface area contributed by atoms with Crippen LogP contribution in [-0.2, 0) is 6.42 Å². The van der Waals surface area contributed by atoms with Crippen molar-refractivity contribution in [2.24, 2.45) is 0 Å². The van der Waals surface area contributed by atoms with Crippen LogP contribution >= 0.6 is 0 Å². The molecule has 23 heavy (non-hydrogen) atoms. The highest BCUT2D eigenvalue weighted by Crippen LogP contribution is 2.40. The fourth-order valence-electron chi connectivity index (χ4n) is 4.47. The maximum atomic E-state index is 2.35. The average Bonchev–Trinajstić information content (AvgIpc) is 2.62. The van der Waals surface area contributed by atoms with E-state index in [2.05, 4.69) is 72.8 Å². The first-order valence-corrected chi connectivity index (χ1v) is 8.19. The molecule has 5 aromatic rings. The highest BCUT2D eigenvalue weighted by molar-refractivity contribution is 6.31. The van der Waals surface area contributed by atoms with Gasteiger partial charge in [0.15, 0.2) is 0 Å². The van der Waals surface area contributed by atoms with Gasteiger partial charge in [-0.05, 0) is 66.4 Å². The van der Waals surface area contributed by atoms with E-state index in [1.807, 2.05) is 0 Å². The molecule has 0 spiro atoms. The molecular formula is C23H14. The molecule has 0 saturated heterocycles. The lowest BCUT2D eigenvalue weighted by Gasteiger charge is -2.18. The summed E-state index contributed by atoms with van der Waals surface area (Å²) in [4.78, 5) is 0. The highest BCUT2D eigenvalue weighted by Gasteiger charge is 2.16. The molecule has 0 N–H and O–H groups in total. The lowest BCUT2D eigenvalue weighted by Crippen LogP contribution is -2.13. The standard InChI is InChI=1S/C23H14/c1-2-9-18-17(8-1)19-10-4-7-16-13-15-6-3-5-14-11-12-20(18)23(21(14)15)22(16)19/h1-8,10-13H,9H2. The third-order valence-corrected chi connectivity index (χ3v) is 5.40. The van der Waals surface area contributed by atoms with Crippen LogP contribution in [0.2, 0.25) is 0 Å². The SMILES string of the molecule is C1=CCc2c(c3cccc4cc5cccc6ccc2c(c65)c43)=C1. The lowest BCUT2D eigenvalue weighted by molar-refractivity contribution is 1.27. The van der Waals surface area contributed by atoms with Crippen molar-refractivity contribution in [1.82, 2.24) is 0 Å². The second kappa shape index (κ2) is 3.91. The summed E-state index contributed by atoms with van der Waals surface area (Å²) in [6.07, 6.45) is 7.77. The smallest absolute Gasteiger partial charge is 0.00114 e. The van der Waals surface area contributed by atoms with Crippen molar-refractivity contribution < 1.29 is 0 Å². The molecule has 0 heterocycles. The van der Waals surface area contributed by atoms with E-state index >= 15 is 0 Å². The van der Waals surface area contributed by atoms with Crippen LogP contribution in [0.5, 0.6) is 0 Å². The molecule has 0 aromatic heterocycles. The van der Waals surface area contributed by atoms with Crippen molar-refractivity contribution in [1.29, 1.82) is 0 Å². The van der Waals surface area contributed by atoms with Gasteiger partial charge in [-0.2, -0.15) is 0 Å². The molecule has 0 radical (unpaired) electrons. The van der Waals surface area contributed by atoms with E-state index in [0.717, 1.165) is 6.42 Å². The van der Waals surface area contributed by atoms with Crippen molar-refractivity contribution in [2.45, 2.75) is 6.42 Å². The molecule has 0 fully saturated rings. The molecule has 0 atom stereocenters. The fraction of sp³-hybridized carbons (Fsp3) is 0.0435. The summed E-state index contributed by atoms with van der Waals surface area (Å²) in [7, 11) is 0. The van der Waals surface area contributed by atoms with Crippen LogP contribution in [0, 0.1) is 0 Å². The van der Waals surface area contributed by atoms with E-state index in [4.69, 9.17) is 0 Å². The molecule has 1 aliphatic rings. The zero-order valence-electron chi connectivity index (χ0n) is 12.6. The van der Waals surface area contributed by atoms with Gasteiger partial charge in [-0.15, -0.1) is 0 Å². The number of hydrogen-bond acceptors (Lipinski definition) is 0. The Morgan fingerprint density at radius 3 is 2.43 bits per heavy atom. The first-order chi connectivity index (χ1) is 11.4. The van der Waals surface area contributed by atoms with Gasteiger partial charge in [-0.1, -0.05) is 66.8 Å². The van der Waals surface area contributed by atoms with E-state index in [0.29, 0.717) is 0 Å². The molecule has 0 aliphatic heterocycles. The normalized spacial score (nSPS) is 14.1. The Morgan fingerprint density at radius 2 is 1.48 bits per heavy atom. The summed E-state index contributed by atoms with van der Waals surface area (Å²) < 4.78 is 0. The summed E-state index contributed by atoms with van der Waals surface area (Å²) in [6.45, 7) is 0. The predicted octanol–water partition coefficient (Wildman–Crippen LogP) is 5.35. The number of fused-ring (bicyclic) bond motifs is 3. The fourth-order valence-corrected chi connectivity index (χ4v) is 4.47. The summed E-state index contributed by atoms with van der Waals surface area (Å²) >= 11 is 0. The third-order valence-electron chi connectivity index (χ3n) is 5.40. The van der Waals surface area contributed by atoms with Gasteiger partial charge in [0.1, 0.15) is 0 Å². The lowest BCUT2D eigenvalue weighted by atomic mass is 9.85. The summed E-state index contributed by atoms with van der Waals surface area (Å²) in [5.74, 6) is 0. The molecule has 106 valence electrons. The highest BCUT2D eigenvalue weighted by atomic mass is 14.2. The Morgan fingerprint density at radius 1 is 0.652 bits per heavy atom. The number of allylic oxidation sites excluding steroid dienone is 2. The number of benzene rings is 5. The Kier molecular flexibility index (Phi) is 1.98. The van der Waals surface area contributed by atoms with E-state index in [1.165, 1.54) is 53.9 Å². The Hall–Kier alpha value is -2.86. The molecule has 1 aliphatic carbocycles. The average molecular weight is 290 g/mol. The molecule has 0 unspecified atom stereocenters. The third kappa shape index (κ3) is 1.33. The van der Waals surface area contributed by atoms with Gasteiger partial charge in [0, 0.05) is 0 Å². The minimum absolute atomic E-state index is 1.03. The number of rotatable bonds is 0. The molecule has 6 rings (SSSR count). The zero-order valence-corrected chi connectivity index (χ0v) is 12.6. The van der Waals surface area contributed by atoms with Gasteiger partial charge in [0.2, 0.25) is 0 Å². The van der Waals surface area contributed by atoms with E-state index < -0.39 is 0 Å². The second-order valence-corrected chi connectivity index (χ2v) is 6.54. The van der Waals surface area contributed by atoms with Gasteiger partial charge >= 0.3 is 0 Å². The molecule has 0 bridgehead atoms. The van der Waals surface area contributed by atoms with Gasteiger partial charge in [-0.3, -0.25) is 0 Å². The van der Waals surface area contributed by atoms with Crippen LogP contribution in [0.25, 0.3) is 49.2 Å². The van der Waals surface area contributed by atoms with Crippen LogP contribution in [0.15, 0.2) is 66.7 Å². The molecule has 0 saturated carbocycles. The molecule has 5 aromatic carbocycles. The largest absolute Gasteiger partial charge is 0.0801 e. The van der Waals surface area contributed by atoms with Gasteiger partial charge < -0.3 is 0 Å². The van der Waals surface area contributed by atoms with Crippen LogP contribution in [-0.4, -0.2) is 0 Å². The topological polar surface area (TPSA) is 0 Å². The van der Waals surface area contributed by atoms with E-state index in [9.17, 15) is 0 Å². The summed E-state index contributed by atoms with van der Waals surface area (Å²) in [5, 5.41) is 12.6. The van der Waals surface area contributed by atoms with Crippen molar-refractivity contribution >= 4 is 49.2 Å². The van der Waals surface area contributed by atoms with Gasteiger partial charge in [0.25, 0.3) is 0 Å². The van der Waals surface area contributed by atoms with E-state index in [-0.39, 0.29) is 0 Å². The van der Waals surface area contributed by atoms with Crippen LogP contribution in [0.1, 0.15) is 5.56 Å². The summed E-state index contributed by atoms with van der Waals surface area (Å²) in [6, 6.07) is 20.3. The second-order valence-electron chi connectivity index (χ2n) is 6.54. The van der Waals surface area contributed by atoms with Gasteiger partial charge in [-0.25, -0.2) is 0 Å². The molecular weight excluding hydrogens is 276 g/mol. The minimum atomic E-state index is 1.03. The zero-order chi connectivity index (χ0) is 15.0. The summed E-state index contributed by atoms with van der Waals surface area (Å²) in [5.41, 5.74) is 1.48. The predicted molar refractivity (Wildman–Crippen MR) is 100 cm³/mol. The molecule has 0 amide bonds. The van der Waals surface area contributed by atoms with Crippen molar-refractivity contribution in [3.05, 3.63) is 77.5 Å². The van der Waals surface area contributed by atoms with Crippen molar-refractivity contribution in [3.8, 4) is 0 Å². The Bertz CT molecular complexity index is 1320. The first-order valence-electron chi connectivity index (χ1n) is 8.19. The number of hydrogen-bond donors (Lipinski definition) is 0. The molecule has 0 nitrogen and oxygen atoms in total. The van der Waals surface area contributed by atoms with Gasteiger partial charge in [0.05, 0.1) is 0 Å². The maximum Gasteiger partial charge on any atom is -0.00114 e. The quantitative estimate of drug-likeness (QED) is 0.266. The Balaban J connectivity index is 2.12. The first kappa shape index (κ1) is 11.7. The van der Waals surface area contributed by atoms with Crippen LogP contribution in [0.4, 0.5) is 0 Å². The van der Waals surface area contributed by atoms with Crippen LogP contribution in [0.3, 0.4) is 0 Å².